The number of aromatic nitrogens is 2. The number of halogens is 5. The Balaban J connectivity index is 1.89. The van der Waals surface area contributed by atoms with E-state index in [4.69, 9.17) is 10.5 Å². The van der Waals surface area contributed by atoms with Crippen LogP contribution in [0, 0.1) is 5.82 Å². The Hall–Kier alpha value is -3.25. The topological polar surface area (TPSA) is 84.6 Å². The molecule has 1 amide bonds. The molecule has 0 atom stereocenters. The van der Waals surface area contributed by atoms with Crippen LogP contribution in [0.1, 0.15) is 27.9 Å². The van der Waals surface area contributed by atoms with E-state index in [1.165, 1.54) is 36.3 Å². The summed E-state index contributed by atoms with van der Waals surface area (Å²) in [6.45, 7) is 0.271. The Morgan fingerprint density at radius 3 is 2.54 bits per heavy atom. The molecule has 3 aromatic rings. The Kier molecular flexibility index (Phi) is 6.95. The lowest BCUT2D eigenvalue weighted by atomic mass is 10.0. The standard InChI is InChI=1S/C23H20BrF4N5O2/c1-35-19-7-6-18(20(24)31-19)33-12-32(17-5-4-15(25)9-13(17)3-2-8-29)21-16(22(33)34)10-14(11-30-21)23(26,27)28/h4-7,9-11H,2-3,8,12,29H2,1H3. The highest BCUT2D eigenvalue weighted by Gasteiger charge is 2.38. The molecular weight excluding hydrogens is 534 g/mol. The maximum Gasteiger partial charge on any atom is 0.417 e. The maximum atomic E-state index is 14.1. The van der Waals surface area contributed by atoms with Crippen LogP contribution in [0.3, 0.4) is 0 Å². The summed E-state index contributed by atoms with van der Waals surface area (Å²) in [6, 6.07) is 7.98. The number of carbonyl (C=O) groups excluding carboxylic acids is 1. The number of nitrogens with two attached hydrogens (primary N) is 1. The molecule has 7 nitrogen and oxygen atoms in total. The number of benzene rings is 1. The number of rotatable bonds is 6. The van der Waals surface area contributed by atoms with Gasteiger partial charge in [-0.1, -0.05) is 0 Å². The van der Waals surface area contributed by atoms with E-state index in [9.17, 15) is 22.4 Å². The minimum atomic E-state index is -4.69. The van der Waals surface area contributed by atoms with Crippen molar-refractivity contribution in [3.8, 4) is 5.88 Å². The average molecular weight is 554 g/mol. The van der Waals surface area contributed by atoms with Crippen LogP contribution >= 0.6 is 15.9 Å². The van der Waals surface area contributed by atoms with Gasteiger partial charge in [-0.05, 0) is 71.2 Å². The smallest absolute Gasteiger partial charge is 0.417 e. The van der Waals surface area contributed by atoms with Crippen molar-refractivity contribution in [3.63, 3.8) is 0 Å². The molecule has 0 radical (unpaired) electrons. The van der Waals surface area contributed by atoms with Gasteiger partial charge < -0.3 is 15.4 Å². The molecular formula is C23H20BrF4N5O2. The van der Waals surface area contributed by atoms with Crippen LogP contribution in [0.15, 0.2) is 47.2 Å². The third-order valence-corrected chi connectivity index (χ3v) is 6.08. The second kappa shape index (κ2) is 9.78. The molecule has 184 valence electrons. The van der Waals surface area contributed by atoms with Crippen molar-refractivity contribution < 1.29 is 27.1 Å². The Bertz CT molecular complexity index is 1270. The van der Waals surface area contributed by atoms with Gasteiger partial charge in [-0.3, -0.25) is 9.69 Å². The van der Waals surface area contributed by atoms with E-state index < -0.39 is 23.5 Å². The highest BCUT2D eigenvalue weighted by atomic mass is 79.9. The quantitative estimate of drug-likeness (QED) is 0.339. The summed E-state index contributed by atoms with van der Waals surface area (Å²) >= 11 is 3.31. The third kappa shape index (κ3) is 4.94. The molecule has 1 aromatic carbocycles. The van der Waals surface area contributed by atoms with Gasteiger partial charge in [-0.2, -0.15) is 13.2 Å². The predicted molar refractivity (Wildman–Crippen MR) is 125 cm³/mol. The van der Waals surface area contributed by atoms with Crippen molar-refractivity contribution in [2.24, 2.45) is 5.73 Å². The molecule has 3 heterocycles. The number of aryl methyl sites for hydroxylation is 1. The molecule has 0 fully saturated rings. The fraction of sp³-hybridized carbons (Fsp3) is 0.261. The number of amides is 1. The first-order chi connectivity index (χ1) is 16.6. The molecule has 35 heavy (non-hydrogen) atoms. The van der Waals surface area contributed by atoms with E-state index in [1.807, 2.05) is 0 Å². The minimum Gasteiger partial charge on any atom is -0.481 e. The maximum absolute atomic E-state index is 14.1. The van der Waals surface area contributed by atoms with E-state index in [-0.39, 0.29) is 28.5 Å². The van der Waals surface area contributed by atoms with Gasteiger partial charge in [0.05, 0.1) is 23.9 Å². The number of carbonyl (C=O) groups is 1. The molecule has 1 aliphatic heterocycles. The zero-order valence-electron chi connectivity index (χ0n) is 18.4. The van der Waals surface area contributed by atoms with E-state index in [2.05, 4.69) is 25.9 Å². The van der Waals surface area contributed by atoms with Gasteiger partial charge in [0.15, 0.2) is 0 Å². The van der Waals surface area contributed by atoms with Crippen LogP contribution in [0.2, 0.25) is 0 Å². The molecule has 12 heteroatoms. The number of ether oxygens (including phenoxy) is 1. The van der Waals surface area contributed by atoms with Gasteiger partial charge in [0.1, 0.15) is 22.9 Å². The third-order valence-electron chi connectivity index (χ3n) is 5.49. The molecule has 0 unspecified atom stereocenters. The number of nitrogens with zero attached hydrogens (tertiary/aromatic N) is 4. The summed E-state index contributed by atoms with van der Waals surface area (Å²) in [5.41, 5.74) is 5.73. The number of hydrogen-bond donors (Lipinski definition) is 1. The van der Waals surface area contributed by atoms with Gasteiger partial charge in [0.2, 0.25) is 5.88 Å². The summed E-state index contributed by atoms with van der Waals surface area (Å²) in [4.78, 5) is 24.5. The first-order valence-electron chi connectivity index (χ1n) is 10.5. The number of fused-ring (bicyclic) bond motifs is 1. The second-order valence-electron chi connectivity index (χ2n) is 7.72. The summed E-state index contributed by atoms with van der Waals surface area (Å²) in [6.07, 6.45) is -3.02. The summed E-state index contributed by atoms with van der Waals surface area (Å²) in [7, 11) is 1.43. The number of hydrogen-bond acceptors (Lipinski definition) is 6. The summed E-state index contributed by atoms with van der Waals surface area (Å²) in [5.74, 6) is -0.829. The Labute approximate surface area is 206 Å². The van der Waals surface area contributed by atoms with Gasteiger partial charge in [0.25, 0.3) is 5.91 Å². The van der Waals surface area contributed by atoms with E-state index >= 15 is 0 Å². The number of anilines is 3. The van der Waals surface area contributed by atoms with Gasteiger partial charge in [0, 0.05) is 18.0 Å². The molecule has 0 aliphatic carbocycles. The van der Waals surface area contributed by atoms with Crippen molar-refractivity contribution >= 4 is 39.0 Å². The lowest BCUT2D eigenvalue weighted by Gasteiger charge is -2.38. The molecule has 0 saturated carbocycles. The molecule has 0 saturated heterocycles. The van der Waals surface area contributed by atoms with Crippen molar-refractivity contribution in [2.75, 3.05) is 30.1 Å². The van der Waals surface area contributed by atoms with Gasteiger partial charge in [-0.25, -0.2) is 14.4 Å². The molecule has 0 bridgehead atoms. The molecule has 2 aromatic heterocycles. The molecule has 1 aliphatic rings. The van der Waals surface area contributed by atoms with Crippen LogP contribution in [-0.4, -0.2) is 36.2 Å². The summed E-state index contributed by atoms with van der Waals surface area (Å²) < 4.78 is 59.8. The van der Waals surface area contributed by atoms with Crippen LogP contribution in [0.25, 0.3) is 0 Å². The molecule has 0 spiro atoms. The van der Waals surface area contributed by atoms with Crippen molar-refractivity contribution in [1.82, 2.24) is 9.97 Å². The SMILES string of the molecule is COc1ccc(N2CN(c3ccc(F)cc3CCCN)c3ncc(C(F)(F)F)cc3C2=O)c(Br)n1. The fourth-order valence-electron chi connectivity index (χ4n) is 3.81. The van der Waals surface area contributed by atoms with Crippen molar-refractivity contribution in [1.29, 1.82) is 0 Å². The lowest BCUT2D eigenvalue weighted by Crippen LogP contribution is -2.46. The van der Waals surface area contributed by atoms with Gasteiger partial charge in [-0.15, -0.1) is 0 Å². The van der Waals surface area contributed by atoms with Gasteiger partial charge >= 0.3 is 6.18 Å². The number of alkyl halides is 3. The highest BCUT2D eigenvalue weighted by Crippen LogP contribution is 2.40. The monoisotopic (exact) mass is 553 g/mol. The average Bonchev–Trinajstić information content (AvgIpc) is 2.83. The first-order valence-corrected chi connectivity index (χ1v) is 11.3. The highest BCUT2D eigenvalue weighted by molar-refractivity contribution is 9.10. The van der Waals surface area contributed by atoms with Crippen LogP contribution in [-0.2, 0) is 12.6 Å². The normalized spacial score (nSPS) is 13.7. The van der Waals surface area contributed by atoms with Crippen LogP contribution in [0.4, 0.5) is 34.8 Å². The zero-order valence-corrected chi connectivity index (χ0v) is 20.0. The largest absolute Gasteiger partial charge is 0.481 e. The van der Waals surface area contributed by atoms with E-state index in [0.29, 0.717) is 42.5 Å². The van der Waals surface area contributed by atoms with Crippen LogP contribution in [0.5, 0.6) is 5.88 Å². The summed E-state index contributed by atoms with van der Waals surface area (Å²) in [5, 5.41) is 0. The Morgan fingerprint density at radius 2 is 1.89 bits per heavy atom. The first kappa shape index (κ1) is 24.9. The zero-order chi connectivity index (χ0) is 25.3. The van der Waals surface area contributed by atoms with E-state index in [0.717, 1.165) is 6.07 Å². The molecule has 4 rings (SSSR count). The van der Waals surface area contributed by atoms with Crippen molar-refractivity contribution in [3.05, 3.63) is 69.7 Å². The van der Waals surface area contributed by atoms with E-state index in [1.54, 1.807) is 11.0 Å². The number of methoxy groups -OCH3 is 1. The lowest BCUT2D eigenvalue weighted by molar-refractivity contribution is -0.137. The fourth-order valence-corrected chi connectivity index (χ4v) is 4.34. The predicted octanol–water partition coefficient (Wildman–Crippen LogP) is 5.05. The van der Waals surface area contributed by atoms with Crippen molar-refractivity contribution in [2.45, 2.75) is 19.0 Å². The number of pyridine rings is 2. The second-order valence-corrected chi connectivity index (χ2v) is 8.48. The molecule has 2 N–H and O–H groups in total. The van der Waals surface area contributed by atoms with Crippen LogP contribution < -0.4 is 20.3 Å². The Morgan fingerprint density at radius 1 is 1.14 bits per heavy atom. The minimum absolute atomic E-state index is 0.0393.